The summed E-state index contributed by atoms with van der Waals surface area (Å²) in [5.74, 6) is 1.13. The molecule has 0 amide bonds. The molecule has 2 rings (SSSR count). The number of pyridine rings is 1. The minimum Gasteiger partial charge on any atom is -0.243 e. The van der Waals surface area contributed by atoms with Crippen LogP contribution in [0.4, 0.5) is 0 Å². The molecule has 1 heterocycles. The monoisotopic (exact) mass is 274 g/mol. The Morgan fingerprint density at radius 2 is 2.18 bits per heavy atom. The standard InChI is InChI=1S/C11H15ClN2O2S/c1-8-5-9(8)7-14(2)17(15,16)10-3-4-11(12)13-6-10/h3-4,6,8-9H,5,7H2,1-2H3. The van der Waals surface area contributed by atoms with E-state index in [0.29, 0.717) is 23.5 Å². The van der Waals surface area contributed by atoms with Crippen molar-refractivity contribution in [1.29, 1.82) is 0 Å². The number of hydrogen-bond acceptors (Lipinski definition) is 3. The van der Waals surface area contributed by atoms with Crippen LogP contribution < -0.4 is 0 Å². The average molecular weight is 275 g/mol. The highest BCUT2D eigenvalue weighted by molar-refractivity contribution is 7.89. The van der Waals surface area contributed by atoms with Gasteiger partial charge in [0.25, 0.3) is 0 Å². The first-order valence-corrected chi connectivity index (χ1v) is 7.31. The second-order valence-electron chi connectivity index (χ2n) is 4.58. The maximum absolute atomic E-state index is 12.2. The van der Waals surface area contributed by atoms with Crippen LogP contribution in [0.15, 0.2) is 23.2 Å². The Kier molecular flexibility index (Phi) is 3.43. The third-order valence-corrected chi connectivity index (χ3v) is 5.21. The van der Waals surface area contributed by atoms with Gasteiger partial charge in [0.2, 0.25) is 10.0 Å². The Bertz CT molecular complexity index is 501. The van der Waals surface area contributed by atoms with Crippen molar-refractivity contribution in [2.45, 2.75) is 18.2 Å². The smallest absolute Gasteiger partial charge is 0.243 e. The Morgan fingerprint density at radius 1 is 1.53 bits per heavy atom. The molecule has 1 aliphatic rings. The van der Waals surface area contributed by atoms with Gasteiger partial charge in [0.15, 0.2) is 0 Å². The molecule has 0 bridgehead atoms. The van der Waals surface area contributed by atoms with E-state index in [-0.39, 0.29) is 4.90 Å². The molecule has 2 atom stereocenters. The number of rotatable bonds is 4. The second-order valence-corrected chi connectivity index (χ2v) is 7.01. The predicted molar refractivity (Wildman–Crippen MR) is 66.3 cm³/mol. The quantitative estimate of drug-likeness (QED) is 0.789. The van der Waals surface area contributed by atoms with Crippen LogP contribution in [0.25, 0.3) is 0 Å². The summed E-state index contributed by atoms with van der Waals surface area (Å²) in [4.78, 5) is 3.99. The molecule has 1 aromatic heterocycles. The summed E-state index contributed by atoms with van der Waals surface area (Å²) in [6, 6.07) is 2.97. The molecule has 0 radical (unpaired) electrons. The highest BCUT2D eigenvalue weighted by Crippen LogP contribution is 2.38. The zero-order valence-corrected chi connectivity index (χ0v) is 11.4. The van der Waals surface area contributed by atoms with E-state index in [1.165, 1.54) is 22.6 Å². The first-order chi connectivity index (χ1) is 7.91. The van der Waals surface area contributed by atoms with Crippen molar-refractivity contribution in [3.63, 3.8) is 0 Å². The van der Waals surface area contributed by atoms with E-state index < -0.39 is 10.0 Å². The number of nitrogens with zero attached hydrogens (tertiary/aromatic N) is 2. The van der Waals surface area contributed by atoms with E-state index in [0.717, 1.165) is 6.42 Å². The second kappa shape index (κ2) is 4.55. The molecule has 0 N–H and O–H groups in total. The van der Waals surface area contributed by atoms with Crippen molar-refractivity contribution < 1.29 is 8.42 Å². The van der Waals surface area contributed by atoms with Crippen molar-refractivity contribution in [3.05, 3.63) is 23.5 Å². The molecule has 0 aliphatic heterocycles. The summed E-state index contributed by atoms with van der Waals surface area (Å²) < 4.78 is 25.7. The molecule has 0 saturated heterocycles. The maximum atomic E-state index is 12.2. The highest BCUT2D eigenvalue weighted by atomic mass is 35.5. The molecule has 0 aromatic carbocycles. The molecule has 4 nitrogen and oxygen atoms in total. The fourth-order valence-electron chi connectivity index (χ4n) is 1.78. The van der Waals surface area contributed by atoms with Crippen LogP contribution in [0.2, 0.25) is 5.15 Å². The van der Waals surface area contributed by atoms with Crippen molar-refractivity contribution in [2.75, 3.05) is 13.6 Å². The van der Waals surface area contributed by atoms with Crippen molar-refractivity contribution >= 4 is 21.6 Å². The van der Waals surface area contributed by atoms with E-state index in [1.807, 2.05) is 0 Å². The van der Waals surface area contributed by atoms with Gasteiger partial charge in [0.1, 0.15) is 10.0 Å². The van der Waals surface area contributed by atoms with Gasteiger partial charge in [-0.15, -0.1) is 0 Å². The Morgan fingerprint density at radius 3 is 2.65 bits per heavy atom. The van der Waals surface area contributed by atoms with Gasteiger partial charge in [-0.1, -0.05) is 18.5 Å². The van der Waals surface area contributed by atoms with E-state index in [9.17, 15) is 8.42 Å². The van der Waals surface area contributed by atoms with Gasteiger partial charge in [-0.25, -0.2) is 17.7 Å². The molecule has 6 heteroatoms. The number of hydrogen-bond donors (Lipinski definition) is 0. The molecule has 2 unspecified atom stereocenters. The van der Waals surface area contributed by atoms with Crippen LogP contribution >= 0.6 is 11.6 Å². The minimum absolute atomic E-state index is 0.192. The van der Waals surface area contributed by atoms with Gasteiger partial charge in [-0.2, -0.15) is 0 Å². The van der Waals surface area contributed by atoms with Gasteiger partial charge in [-0.3, -0.25) is 0 Å². The Hall–Kier alpha value is -0.650. The van der Waals surface area contributed by atoms with Crippen LogP contribution in [0.1, 0.15) is 13.3 Å². The van der Waals surface area contributed by atoms with Crippen LogP contribution in [-0.4, -0.2) is 31.3 Å². The van der Waals surface area contributed by atoms with Crippen molar-refractivity contribution in [1.82, 2.24) is 9.29 Å². The third-order valence-electron chi connectivity index (χ3n) is 3.18. The minimum atomic E-state index is -3.42. The van der Waals surface area contributed by atoms with Crippen LogP contribution in [0, 0.1) is 11.8 Å². The zero-order chi connectivity index (χ0) is 12.6. The SMILES string of the molecule is CC1CC1CN(C)S(=O)(=O)c1ccc(Cl)nc1. The molecule has 0 spiro atoms. The van der Waals surface area contributed by atoms with Crippen LogP contribution in [0.3, 0.4) is 0 Å². The van der Waals surface area contributed by atoms with Gasteiger partial charge in [0.05, 0.1) is 0 Å². The molecule has 94 valence electrons. The summed E-state index contributed by atoms with van der Waals surface area (Å²) in [5.41, 5.74) is 0. The van der Waals surface area contributed by atoms with Gasteiger partial charge < -0.3 is 0 Å². The summed E-state index contributed by atoms with van der Waals surface area (Å²) in [6.45, 7) is 2.71. The predicted octanol–water partition coefficient (Wildman–Crippen LogP) is 2.01. The highest BCUT2D eigenvalue weighted by Gasteiger charge is 2.36. The van der Waals surface area contributed by atoms with E-state index in [2.05, 4.69) is 11.9 Å². The Balaban J connectivity index is 2.14. The number of aromatic nitrogens is 1. The van der Waals surface area contributed by atoms with E-state index in [4.69, 9.17) is 11.6 Å². The number of sulfonamides is 1. The fraction of sp³-hybridized carbons (Fsp3) is 0.545. The normalized spacial score (nSPS) is 24.0. The van der Waals surface area contributed by atoms with Gasteiger partial charge >= 0.3 is 0 Å². The largest absolute Gasteiger partial charge is 0.244 e. The van der Waals surface area contributed by atoms with Crippen molar-refractivity contribution in [2.24, 2.45) is 11.8 Å². The van der Waals surface area contributed by atoms with Gasteiger partial charge in [-0.05, 0) is 30.4 Å². The van der Waals surface area contributed by atoms with Crippen LogP contribution in [0.5, 0.6) is 0 Å². The maximum Gasteiger partial charge on any atom is 0.244 e. The van der Waals surface area contributed by atoms with E-state index in [1.54, 1.807) is 7.05 Å². The van der Waals surface area contributed by atoms with Gasteiger partial charge in [0, 0.05) is 19.8 Å². The lowest BCUT2D eigenvalue weighted by Gasteiger charge is -2.16. The molecular formula is C11H15ClN2O2S. The molecule has 17 heavy (non-hydrogen) atoms. The lowest BCUT2D eigenvalue weighted by molar-refractivity contribution is 0.444. The van der Waals surface area contributed by atoms with Crippen LogP contribution in [-0.2, 0) is 10.0 Å². The zero-order valence-electron chi connectivity index (χ0n) is 9.80. The molecule has 1 saturated carbocycles. The molecule has 1 aromatic rings. The first-order valence-electron chi connectivity index (χ1n) is 5.49. The average Bonchev–Trinajstić information content (AvgIpc) is 2.94. The molecule has 1 fully saturated rings. The summed E-state index contributed by atoms with van der Waals surface area (Å²) in [7, 11) is -1.82. The number of halogens is 1. The summed E-state index contributed by atoms with van der Waals surface area (Å²) in [6.07, 6.45) is 2.41. The molecule has 1 aliphatic carbocycles. The first kappa shape index (κ1) is 12.8. The molecular weight excluding hydrogens is 260 g/mol. The van der Waals surface area contributed by atoms with E-state index >= 15 is 0 Å². The summed E-state index contributed by atoms with van der Waals surface area (Å²) in [5, 5.41) is 0.294. The van der Waals surface area contributed by atoms with Crippen molar-refractivity contribution in [3.8, 4) is 0 Å². The third kappa shape index (κ3) is 2.78. The lowest BCUT2D eigenvalue weighted by Crippen LogP contribution is -2.29. The lowest BCUT2D eigenvalue weighted by atomic mass is 10.3. The summed E-state index contributed by atoms with van der Waals surface area (Å²) >= 11 is 5.64. The topological polar surface area (TPSA) is 50.3 Å². The fourth-order valence-corrected chi connectivity index (χ4v) is 3.06. The Labute approximate surface area is 107 Å².